The molecule has 1 aromatic carbocycles. The van der Waals surface area contributed by atoms with Gasteiger partial charge in [-0.2, -0.15) is 8.78 Å². The minimum Gasteiger partial charge on any atom is -0.490 e. The molecule has 0 atom stereocenters. The molecule has 0 spiro atoms. The summed E-state index contributed by atoms with van der Waals surface area (Å²) in [5.41, 5.74) is 0. The van der Waals surface area contributed by atoms with Crippen LogP contribution in [0, 0.1) is 0 Å². The van der Waals surface area contributed by atoms with E-state index in [-0.39, 0.29) is 21.5 Å². The van der Waals surface area contributed by atoms with Crippen molar-refractivity contribution < 1.29 is 18.3 Å². The van der Waals surface area contributed by atoms with Gasteiger partial charge < -0.3 is 9.47 Å². The lowest BCUT2D eigenvalue weighted by Gasteiger charge is -2.12. The molecule has 0 amide bonds. The first-order chi connectivity index (χ1) is 7.04. The maximum atomic E-state index is 12.0. The van der Waals surface area contributed by atoms with Gasteiger partial charge >= 0.3 is 6.61 Å². The number of halogens is 4. The Morgan fingerprint density at radius 3 is 2.20 bits per heavy atom. The second-order valence-corrected chi connectivity index (χ2v) is 3.34. The molecule has 0 aliphatic carbocycles. The zero-order chi connectivity index (χ0) is 11.4. The third kappa shape index (κ3) is 3.39. The Balaban J connectivity index is 3.04. The maximum Gasteiger partial charge on any atom is 0.387 e. The van der Waals surface area contributed by atoms with E-state index >= 15 is 0 Å². The summed E-state index contributed by atoms with van der Waals surface area (Å²) in [6.45, 7) is -0.895. The molecule has 0 saturated carbocycles. The lowest BCUT2D eigenvalue weighted by Crippen LogP contribution is -2.04. The summed E-state index contributed by atoms with van der Waals surface area (Å²) in [7, 11) is 0. The molecule has 84 valence electrons. The van der Waals surface area contributed by atoms with Gasteiger partial charge in [0.1, 0.15) is 0 Å². The summed E-state index contributed by atoms with van der Waals surface area (Å²) >= 11 is 11.4. The third-order valence-corrected chi connectivity index (χ3v) is 2.22. The van der Waals surface area contributed by atoms with Gasteiger partial charge in [-0.25, -0.2) is 0 Å². The molecular weight excluding hydrogens is 249 g/mol. The van der Waals surface area contributed by atoms with E-state index < -0.39 is 6.61 Å². The molecule has 0 fully saturated rings. The second-order valence-electron chi connectivity index (χ2n) is 2.52. The number of benzene rings is 1. The van der Waals surface area contributed by atoms with Crippen molar-refractivity contribution >= 4 is 23.2 Å². The topological polar surface area (TPSA) is 18.5 Å². The first-order valence-electron chi connectivity index (χ1n) is 4.11. The highest BCUT2D eigenvalue weighted by Crippen LogP contribution is 2.36. The first-order valence-corrected chi connectivity index (χ1v) is 4.86. The van der Waals surface area contributed by atoms with Gasteiger partial charge in [-0.1, -0.05) is 23.2 Å². The van der Waals surface area contributed by atoms with Crippen LogP contribution in [0.15, 0.2) is 12.1 Å². The van der Waals surface area contributed by atoms with Gasteiger partial charge in [0.15, 0.2) is 11.5 Å². The predicted molar refractivity (Wildman–Crippen MR) is 54.3 cm³/mol. The van der Waals surface area contributed by atoms with Crippen LogP contribution in [0.25, 0.3) is 0 Å². The average Bonchev–Trinajstić information content (AvgIpc) is 2.13. The van der Waals surface area contributed by atoms with E-state index in [1.54, 1.807) is 6.92 Å². The van der Waals surface area contributed by atoms with Crippen molar-refractivity contribution in [3.05, 3.63) is 22.2 Å². The highest BCUT2D eigenvalue weighted by Gasteiger charge is 2.13. The summed E-state index contributed by atoms with van der Waals surface area (Å²) in [6.07, 6.45) is 0. The fourth-order valence-corrected chi connectivity index (χ4v) is 1.27. The average molecular weight is 257 g/mol. The second kappa shape index (κ2) is 5.37. The zero-order valence-corrected chi connectivity index (χ0v) is 9.28. The van der Waals surface area contributed by atoms with Gasteiger partial charge in [-0.05, 0) is 6.92 Å². The van der Waals surface area contributed by atoms with Crippen LogP contribution < -0.4 is 9.47 Å². The van der Waals surface area contributed by atoms with E-state index in [9.17, 15) is 8.78 Å². The number of alkyl halides is 2. The van der Waals surface area contributed by atoms with Crippen molar-refractivity contribution in [1.29, 1.82) is 0 Å². The molecule has 15 heavy (non-hydrogen) atoms. The number of hydrogen-bond acceptors (Lipinski definition) is 2. The third-order valence-electron chi connectivity index (χ3n) is 1.50. The summed E-state index contributed by atoms with van der Waals surface area (Å²) in [6, 6.07) is 2.53. The van der Waals surface area contributed by atoms with Gasteiger partial charge in [-0.3, -0.25) is 0 Å². The number of hydrogen-bond donors (Lipinski definition) is 0. The van der Waals surface area contributed by atoms with E-state index in [1.807, 2.05) is 0 Å². The lowest BCUT2D eigenvalue weighted by molar-refractivity contribution is -0.0514. The highest BCUT2D eigenvalue weighted by molar-refractivity contribution is 6.42. The van der Waals surface area contributed by atoms with E-state index in [0.29, 0.717) is 6.61 Å². The quantitative estimate of drug-likeness (QED) is 0.811. The van der Waals surface area contributed by atoms with Gasteiger partial charge in [0, 0.05) is 12.1 Å². The summed E-state index contributed by atoms with van der Waals surface area (Å²) in [5.74, 6) is 0.0217. The van der Waals surface area contributed by atoms with Crippen LogP contribution in [0.2, 0.25) is 10.0 Å². The van der Waals surface area contributed by atoms with Crippen molar-refractivity contribution in [3.63, 3.8) is 0 Å². The smallest absolute Gasteiger partial charge is 0.387 e. The molecule has 2 nitrogen and oxygen atoms in total. The van der Waals surface area contributed by atoms with Crippen LogP contribution in [0.4, 0.5) is 8.78 Å². The van der Waals surface area contributed by atoms with E-state index in [0.717, 1.165) is 0 Å². The summed E-state index contributed by atoms with van der Waals surface area (Å²) in [5, 5.41) is 0.359. The van der Waals surface area contributed by atoms with Crippen LogP contribution >= 0.6 is 23.2 Å². The summed E-state index contributed by atoms with van der Waals surface area (Å²) in [4.78, 5) is 0. The van der Waals surface area contributed by atoms with Crippen LogP contribution in [0.3, 0.4) is 0 Å². The zero-order valence-electron chi connectivity index (χ0n) is 7.77. The first kappa shape index (κ1) is 12.3. The normalized spacial score (nSPS) is 10.5. The largest absolute Gasteiger partial charge is 0.490 e. The molecule has 1 aromatic rings. The van der Waals surface area contributed by atoms with E-state index in [2.05, 4.69) is 4.74 Å². The molecule has 0 unspecified atom stereocenters. The minimum atomic E-state index is -2.93. The van der Waals surface area contributed by atoms with Gasteiger partial charge in [0.25, 0.3) is 0 Å². The Morgan fingerprint density at radius 2 is 1.73 bits per heavy atom. The van der Waals surface area contributed by atoms with Crippen molar-refractivity contribution in [2.45, 2.75) is 13.5 Å². The van der Waals surface area contributed by atoms with Crippen LogP contribution in [-0.2, 0) is 0 Å². The Labute approximate surface area is 95.7 Å². The molecule has 0 radical (unpaired) electrons. The van der Waals surface area contributed by atoms with Crippen molar-refractivity contribution in [2.75, 3.05) is 6.61 Å². The molecule has 0 aliphatic heterocycles. The summed E-state index contributed by atoms with van der Waals surface area (Å²) < 4.78 is 33.3. The number of ether oxygens (including phenoxy) is 2. The van der Waals surface area contributed by atoms with Crippen molar-refractivity contribution in [2.24, 2.45) is 0 Å². The lowest BCUT2D eigenvalue weighted by atomic mass is 10.3. The Bertz CT molecular complexity index is 345. The van der Waals surface area contributed by atoms with Crippen LogP contribution in [0.1, 0.15) is 6.92 Å². The van der Waals surface area contributed by atoms with E-state index in [4.69, 9.17) is 27.9 Å². The monoisotopic (exact) mass is 256 g/mol. The SMILES string of the molecule is CCOc1cc(Cl)c(Cl)cc1OC(F)F. The molecule has 1 rings (SSSR count). The molecule has 0 bridgehead atoms. The molecule has 0 heterocycles. The van der Waals surface area contributed by atoms with Crippen molar-refractivity contribution in [1.82, 2.24) is 0 Å². The van der Waals surface area contributed by atoms with Gasteiger partial charge in [0.2, 0.25) is 0 Å². The Kier molecular flexibility index (Phi) is 4.42. The van der Waals surface area contributed by atoms with Gasteiger partial charge in [0.05, 0.1) is 16.7 Å². The molecule has 6 heteroatoms. The maximum absolute atomic E-state index is 12.0. The Morgan fingerprint density at radius 1 is 1.20 bits per heavy atom. The van der Waals surface area contributed by atoms with Crippen LogP contribution in [-0.4, -0.2) is 13.2 Å². The predicted octanol–water partition coefficient (Wildman–Crippen LogP) is 3.99. The molecule has 0 aromatic heterocycles. The fraction of sp³-hybridized carbons (Fsp3) is 0.333. The minimum absolute atomic E-state index is 0.124. The molecule has 0 aliphatic rings. The van der Waals surface area contributed by atoms with Crippen LogP contribution in [0.5, 0.6) is 11.5 Å². The number of rotatable bonds is 4. The Hall–Kier alpha value is -0.740. The fourth-order valence-electron chi connectivity index (χ4n) is 0.967. The van der Waals surface area contributed by atoms with Gasteiger partial charge in [-0.15, -0.1) is 0 Å². The molecule has 0 N–H and O–H groups in total. The van der Waals surface area contributed by atoms with Crippen molar-refractivity contribution in [3.8, 4) is 11.5 Å². The standard InChI is InChI=1S/C9H8Cl2F2O2/c1-2-14-7-3-5(10)6(11)4-8(7)15-9(12)13/h3-4,9H,2H2,1H3. The molecule has 0 saturated heterocycles. The highest BCUT2D eigenvalue weighted by atomic mass is 35.5. The molecular formula is C9H8Cl2F2O2. The van der Waals surface area contributed by atoms with E-state index in [1.165, 1.54) is 12.1 Å².